The Morgan fingerprint density at radius 2 is 1.81 bits per heavy atom. The minimum absolute atomic E-state index is 0.245. The van der Waals surface area contributed by atoms with Gasteiger partial charge in [-0.3, -0.25) is 9.59 Å². The zero-order valence-corrected chi connectivity index (χ0v) is 17.0. The van der Waals surface area contributed by atoms with Gasteiger partial charge >= 0.3 is 11.9 Å². The maximum absolute atomic E-state index is 13.0. The third-order valence-electron chi connectivity index (χ3n) is 5.81. The molecule has 1 aromatic rings. The number of fused-ring (bicyclic) bond motifs is 3. The Labute approximate surface area is 163 Å². The molecule has 1 atom stereocenters. The van der Waals surface area contributed by atoms with E-state index in [9.17, 15) is 9.59 Å². The minimum atomic E-state index is -1.29. The lowest BCUT2D eigenvalue weighted by Crippen LogP contribution is -2.57. The molecule has 0 bridgehead atoms. The average molecular weight is 424 g/mol. The smallest absolute Gasteiger partial charge is 0.325 e. The van der Waals surface area contributed by atoms with Gasteiger partial charge in [0.05, 0.1) is 20.3 Å². The molecule has 1 aromatic carbocycles. The summed E-state index contributed by atoms with van der Waals surface area (Å²) in [5.74, 6) is -0.960. The second-order valence-electron chi connectivity index (χ2n) is 7.14. The SMILES string of the molecule is COC(=O)C1(C(=O)OC)CCc2cc(Br)ccc2N2CCCCCCC21. The Kier molecular flexibility index (Phi) is 5.90. The number of esters is 2. The van der Waals surface area contributed by atoms with E-state index in [0.717, 1.165) is 48.0 Å². The summed E-state index contributed by atoms with van der Waals surface area (Å²) in [5, 5.41) is 0. The molecule has 2 aliphatic heterocycles. The second kappa shape index (κ2) is 7.99. The molecule has 0 radical (unpaired) electrons. The maximum atomic E-state index is 13.0. The highest BCUT2D eigenvalue weighted by Crippen LogP contribution is 2.45. The van der Waals surface area contributed by atoms with Gasteiger partial charge in [-0.05, 0) is 49.4 Å². The van der Waals surface area contributed by atoms with Gasteiger partial charge in [-0.1, -0.05) is 35.2 Å². The van der Waals surface area contributed by atoms with Crippen LogP contribution in [0.4, 0.5) is 5.69 Å². The number of benzene rings is 1. The van der Waals surface area contributed by atoms with Crippen LogP contribution in [-0.4, -0.2) is 38.7 Å². The van der Waals surface area contributed by atoms with Crippen LogP contribution in [0.1, 0.15) is 44.1 Å². The molecule has 1 fully saturated rings. The van der Waals surface area contributed by atoms with E-state index in [0.29, 0.717) is 12.8 Å². The first kappa shape index (κ1) is 19.2. The fourth-order valence-corrected chi connectivity index (χ4v) is 4.95. The maximum Gasteiger partial charge on any atom is 0.325 e. The van der Waals surface area contributed by atoms with Crippen LogP contribution in [0.3, 0.4) is 0 Å². The van der Waals surface area contributed by atoms with Gasteiger partial charge in [-0.15, -0.1) is 0 Å². The molecular formula is C20H26BrNO4. The molecule has 0 amide bonds. The summed E-state index contributed by atoms with van der Waals surface area (Å²) in [4.78, 5) is 28.2. The summed E-state index contributed by atoms with van der Waals surface area (Å²) >= 11 is 3.54. The lowest BCUT2D eigenvalue weighted by Gasteiger charge is -2.43. The molecule has 0 N–H and O–H groups in total. The number of carbonyl (C=O) groups is 2. The van der Waals surface area contributed by atoms with Gasteiger partial charge in [0.25, 0.3) is 0 Å². The van der Waals surface area contributed by atoms with Crippen LogP contribution >= 0.6 is 15.9 Å². The summed E-state index contributed by atoms with van der Waals surface area (Å²) in [6.07, 6.45) is 6.13. The predicted octanol–water partition coefficient (Wildman–Crippen LogP) is 3.87. The van der Waals surface area contributed by atoms with Gasteiger partial charge in [0.15, 0.2) is 5.41 Å². The van der Waals surface area contributed by atoms with Gasteiger partial charge in [-0.25, -0.2) is 0 Å². The number of aryl methyl sites for hydroxylation is 1. The van der Waals surface area contributed by atoms with Crippen LogP contribution < -0.4 is 4.90 Å². The van der Waals surface area contributed by atoms with Crippen LogP contribution in [0.25, 0.3) is 0 Å². The number of hydrogen-bond acceptors (Lipinski definition) is 5. The Hall–Kier alpha value is -1.56. The minimum Gasteiger partial charge on any atom is -0.468 e. The van der Waals surface area contributed by atoms with E-state index in [4.69, 9.17) is 9.47 Å². The van der Waals surface area contributed by atoms with E-state index in [2.05, 4.69) is 33.0 Å². The Morgan fingerprint density at radius 3 is 2.50 bits per heavy atom. The highest BCUT2D eigenvalue weighted by Gasteiger charge is 2.57. The van der Waals surface area contributed by atoms with Crippen LogP contribution in [0.2, 0.25) is 0 Å². The molecule has 2 aliphatic rings. The number of methoxy groups -OCH3 is 2. The molecule has 1 unspecified atom stereocenters. The van der Waals surface area contributed by atoms with E-state index >= 15 is 0 Å². The van der Waals surface area contributed by atoms with Crippen molar-refractivity contribution in [2.45, 2.75) is 51.0 Å². The third-order valence-corrected chi connectivity index (χ3v) is 6.30. The highest BCUT2D eigenvalue weighted by molar-refractivity contribution is 9.10. The lowest BCUT2D eigenvalue weighted by molar-refractivity contribution is -0.171. The first-order valence-corrected chi connectivity index (χ1v) is 10.1. The van der Waals surface area contributed by atoms with Crippen molar-refractivity contribution in [2.24, 2.45) is 5.41 Å². The zero-order valence-electron chi connectivity index (χ0n) is 15.4. The van der Waals surface area contributed by atoms with Gasteiger partial charge in [0.2, 0.25) is 0 Å². The van der Waals surface area contributed by atoms with Gasteiger partial charge in [0, 0.05) is 16.7 Å². The Morgan fingerprint density at radius 1 is 1.12 bits per heavy atom. The van der Waals surface area contributed by atoms with E-state index in [-0.39, 0.29) is 6.04 Å². The summed E-state index contributed by atoms with van der Waals surface area (Å²) in [6.45, 7) is 0.828. The molecule has 26 heavy (non-hydrogen) atoms. The predicted molar refractivity (Wildman–Crippen MR) is 103 cm³/mol. The molecule has 0 aromatic heterocycles. The number of halogens is 1. The molecule has 0 spiro atoms. The van der Waals surface area contributed by atoms with Crippen molar-refractivity contribution in [1.82, 2.24) is 0 Å². The summed E-state index contributed by atoms with van der Waals surface area (Å²) in [7, 11) is 2.71. The topological polar surface area (TPSA) is 55.8 Å². The number of carbonyl (C=O) groups excluding carboxylic acids is 2. The first-order valence-electron chi connectivity index (χ1n) is 9.26. The molecule has 1 saturated heterocycles. The van der Waals surface area contributed by atoms with Crippen LogP contribution in [0.5, 0.6) is 0 Å². The third kappa shape index (κ3) is 3.24. The van der Waals surface area contributed by atoms with E-state index in [1.807, 2.05) is 6.07 Å². The van der Waals surface area contributed by atoms with Crippen LogP contribution in [0.15, 0.2) is 22.7 Å². The Balaban J connectivity index is 2.17. The van der Waals surface area contributed by atoms with Gasteiger partial charge in [0.1, 0.15) is 0 Å². The first-order chi connectivity index (χ1) is 12.5. The van der Waals surface area contributed by atoms with Crippen molar-refractivity contribution in [2.75, 3.05) is 25.7 Å². The fourth-order valence-electron chi connectivity index (χ4n) is 4.54. The zero-order chi connectivity index (χ0) is 18.7. The van der Waals surface area contributed by atoms with Crippen molar-refractivity contribution in [3.05, 3.63) is 28.2 Å². The van der Waals surface area contributed by atoms with Crippen LogP contribution in [-0.2, 0) is 25.5 Å². The highest BCUT2D eigenvalue weighted by atomic mass is 79.9. The number of hydrogen-bond donors (Lipinski definition) is 0. The summed E-state index contributed by atoms with van der Waals surface area (Å²) in [5.41, 5.74) is 0.987. The van der Waals surface area contributed by atoms with E-state index < -0.39 is 17.4 Å². The van der Waals surface area contributed by atoms with Crippen molar-refractivity contribution >= 4 is 33.6 Å². The fraction of sp³-hybridized carbons (Fsp3) is 0.600. The van der Waals surface area contributed by atoms with Crippen LogP contribution in [0, 0.1) is 5.41 Å². The molecule has 0 aliphatic carbocycles. The largest absolute Gasteiger partial charge is 0.468 e. The lowest BCUT2D eigenvalue weighted by atomic mass is 9.73. The standard InChI is InChI=1S/C20H26BrNO4/c1-25-18(23)20(19(24)26-2)11-10-14-13-15(21)8-9-16(14)22-12-6-4-3-5-7-17(20)22/h8-9,13,17H,3-7,10-12H2,1-2H3. The summed E-state index contributed by atoms with van der Waals surface area (Å²) in [6, 6.07) is 5.97. The monoisotopic (exact) mass is 423 g/mol. The van der Waals surface area contributed by atoms with Crippen molar-refractivity contribution < 1.29 is 19.1 Å². The molecule has 5 nitrogen and oxygen atoms in total. The van der Waals surface area contributed by atoms with Crippen molar-refractivity contribution in [3.8, 4) is 0 Å². The van der Waals surface area contributed by atoms with E-state index in [1.54, 1.807) is 0 Å². The molecule has 0 saturated carbocycles. The Bertz CT molecular complexity index is 674. The van der Waals surface area contributed by atoms with Gasteiger partial charge < -0.3 is 14.4 Å². The quantitative estimate of drug-likeness (QED) is 0.533. The molecule has 6 heteroatoms. The average Bonchev–Trinajstić information content (AvgIpc) is 2.75. The van der Waals surface area contributed by atoms with Crippen molar-refractivity contribution in [1.29, 1.82) is 0 Å². The number of anilines is 1. The molecule has 142 valence electrons. The second-order valence-corrected chi connectivity index (χ2v) is 8.06. The van der Waals surface area contributed by atoms with Crippen molar-refractivity contribution in [3.63, 3.8) is 0 Å². The number of rotatable bonds is 2. The normalized spacial score (nSPS) is 22.1. The molecular weight excluding hydrogens is 398 g/mol. The number of ether oxygens (including phenoxy) is 2. The molecule has 3 rings (SSSR count). The molecule has 2 heterocycles. The number of nitrogens with zero attached hydrogens (tertiary/aromatic N) is 1. The van der Waals surface area contributed by atoms with Gasteiger partial charge in [-0.2, -0.15) is 0 Å². The summed E-state index contributed by atoms with van der Waals surface area (Å²) < 4.78 is 11.3. The van der Waals surface area contributed by atoms with E-state index in [1.165, 1.54) is 20.6 Å².